The fourth-order valence-electron chi connectivity index (χ4n) is 1.97. The van der Waals surface area contributed by atoms with Gasteiger partial charge in [0.2, 0.25) is 5.91 Å². The van der Waals surface area contributed by atoms with Gasteiger partial charge in [-0.05, 0) is 24.1 Å². The molecule has 0 aliphatic rings. The molecule has 0 unspecified atom stereocenters. The number of carboxylic acid groups (broad SMARTS) is 1. The average molecular weight is 355 g/mol. The molecular weight excluding hydrogens is 332 g/mol. The first kappa shape index (κ1) is 20.0. The van der Waals surface area contributed by atoms with Crippen molar-refractivity contribution in [3.05, 3.63) is 28.8 Å². The molecular formula is C17H23ClN2O4. The molecule has 3 N–H and O–H groups in total. The molecule has 0 saturated heterocycles. The molecule has 2 amide bonds. The summed E-state index contributed by atoms with van der Waals surface area (Å²) in [6.07, 6.45) is 0.607. The Labute approximate surface area is 146 Å². The van der Waals surface area contributed by atoms with Crippen LogP contribution in [0.3, 0.4) is 0 Å². The molecule has 0 aliphatic heterocycles. The highest BCUT2D eigenvalue weighted by Crippen LogP contribution is 2.22. The highest BCUT2D eigenvalue weighted by Gasteiger charge is 2.26. The average Bonchev–Trinajstić information content (AvgIpc) is 2.52. The first-order valence-corrected chi connectivity index (χ1v) is 8.19. The van der Waals surface area contributed by atoms with Gasteiger partial charge in [0.15, 0.2) is 0 Å². The van der Waals surface area contributed by atoms with E-state index < -0.39 is 17.9 Å². The third-order valence-corrected chi connectivity index (χ3v) is 4.10. The van der Waals surface area contributed by atoms with Gasteiger partial charge in [-0.1, -0.05) is 45.7 Å². The van der Waals surface area contributed by atoms with Crippen molar-refractivity contribution in [2.45, 2.75) is 40.2 Å². The normalized spacial score (nSPS) is 13.2. The summed E-state index contributed by atoms with van der Waals surface area (Å²) in [6, 6.07) is 3.51. The van der Waals surface area contributed by atoms with Crippen LogP contribution >= 0.6 is 11.6 Å². The van der Waals surface area contributed by atoms with Crippen LogP contribution in [0.15, 0.2) is 18.2 Å². The Morgan fingerprint density at radius 2 is 1.83 bits per heavy atom. The van der Waals surface area contributed by atoms with E-state index in [1.807, 2.05) is 6.92 Å². The first-order valence-electron chi connectivity index (χ1n) is 7.81. The maximum Gasteiger partial charge on any atom is 0.326 e. The Balaban J connectivity index is 3.01. The van der Waals surface area contributed by atoms with E-state index in [0.29, 0.717) is 12.1 Å². The summed E-state index contributed by atoms with van der Waals surface area (Å²) in [5.41, 5.74) is 0.548. The minimum Gasteiger partial charge on any atom is -0.480 e. The molecule has 24 heavy (non-hydrogen) atoms. The molecule has 0 aliphatic carbocycles. The van der Waals surface area contributed by atoms with Crippen molar-refractivity contribution < 1.29 is 19.5 Å². The topological polar surface area (TPSA) is 95.5 Å². The van der Waals surface area contributed by atoms with Crippen LogP contribution in [-0.4, -0.2) is 28.9 Å². The zero-order valence-corrected chi connectivity index (χ0v) is 15.0. The van der Waals surface area contributed by atoms with Crippen LogP contribution in [0.1, 0.15) is 44.5 Å². The third kappa shape index (κ3) is 5.23. The fourth-order valence-corrected chi connectivity index (χ4v) is 2.17. The van der Waals surface area contributed by atoms with Crippen LogP contribution in [0.25, 0.3) is 0 Å². The van der Waals surface area contributed by atoms with E-state index in [4.69, 9.17) is 11.6 Å². The first-order chi connectivity index (χ1) is 11.2. The van der Waals surface area contributed by atoms with Crippen molar-refractivity contribution >= 4 is 35.1 Å². The van der Waals surface area contributed by atoms with Gasteiger partial charge in [0, 0.05) is 11.6 Å². The molecule has 1 aromatic carbocycles. The standard InChI is InChI=1S/C17H23ClN2O4/c1-5-10(4)14(17(23)24)20-16(22)12-8-11(6-7-13(12)18)19-15(21)9(2)3/h6-10,14H,5H2,1-4H3,(H,19,21)(H,20,22)(H,23,24)/t10-,14-/m0/s1. The number of hydrogen-bond acceptors (Lipinski definition) is 3. The van der Waals surface area contributed by atoms with Gasteiger partial charge in [0.25, 0.3) is 5.91 Å². The second-order valence-corrected chi connectivity index (χ2v) is 6.42. The zero-order chi connectivity index (χ0) is 18.4. The SMILES string of the molecule is CC[C@H](C)[C@H](NC(=O)c1cc(NC(=O)C(C)C)ccc1Cl)C(=O)O. The lowest BCUT2D eigenvalue weighted by Crippen LogP contribution is -2.45. The third-order valence-electron chi connectivity index (χ3n) is 3.77. The molecule has 132 valence electrons. The van der Waals surface area contributed by atoms with Crippen LogP contribution in [0, 0.1) is 11.8 Å². The van der Waals surface area contributed by atoms with E-state index in [2.05, 4.69) is 10.6 Å². The molecule has 0 spiro atoms. The number of anilines is 1. The molecule has 2 atom stereocenters. The maximum atomic E-state index is 12.4. The molecule has 0 radical (unpaired) electrons. The van der Waals surface area contributed by atoms with Gasteiger partial charge in [-0.2, -0.15) is 0 Å². The number of hydrogen-bond donors (Lipinski definition) is 3. The van der Waals surface area contributed by atoms with Crippen LogP contribution in [-0.2, 0) is 9.59 Å². The van der Waals surface area contributed by atoms with Gasteiger partial charge < -0.3 is 15.7 Å². The molecule has 0 aromatic heterocycles. The summed E-state index contributed by atoms with van der Waals surface area (Å²) in [5.74, 6) is -2.31. The van der Waals surface area contributed by atoms with Gasteiger partial charge >= 0.3 is 5.97 Å². The summed E-state index contributed by atoms with van der Waals surface area (Å²) in [6.45, 7) is 7.10. The molecule has 0 heterocycles. The molecule has 7 heteroatoms. The summed E-state index contributed by atoms with van der Waals surface area (Å²) in [5, 5.41) is 14.6. The van der Waals surface area contributed by atoms with E-state index in [9.17, 15) is 19.5 Å². The number of carbonyl (C=O) groups is 3. The smallest absolute Gasteiger partial charge is 0.326 e. The van der Waals surface area contributed by atoms with Crippen molar-refractivity contribution in [3.8, 4) is 0 Å². The Bertz CT molecular complexity index is 631. The van der Waals surface area contributed by atoms with Crippen LogP contribution in [0.4, 0.5) is 5.69 Å². The van der Waals surface area contributed by atoms with Crippen LogP contribution in [0.5, 0.6) is 0 Å². The van der Waals surface area contributed by atoms with Gasteiger partial charge in [-0.15, -0.1) is 0 Å². The van der Waals surface area contributed by atoms with Gasteiger partial charge in [-0.3, -0.25) is 9.59 Å². The predicted molar refractivity (Wildman–Crippen MR) is 93.3 cm³/mol. The number of aliphatic carboxylic acids is 1. The lowest BCUT2D eigenvalue weighted by molar-refractivity contribution is -0.140. The quantitative estimate of drug-likeness (QED) is 0.700. The predicted octanol–water partition coefficient (Wildman–Crippen LogP) is 3.16. The summed E-state index contributed by atoms with van der Waals surface area (Å²) >= 11 is 6.05. The Morgan fingerprint density at radius 3 is 2.33 bits per heavy atom. The van der Waals surface area contributed by atoms with Gasteiger partial charge in [0.05, 0.1) is 10.6 Å². The van der Waals surface area contributed by atoms with Crippen molar-refractivity contribution in [1.29, 1.82) is 0 Å². The molecule has 1 aromatic rings. The molecule has 0 bridgehead atoms. The second-order valence-electron chi connectivity index (χ2n) is 6.01. The Hall–Kier alpha value is -2.08. The number of carboxylic acids is 1. The van der Waals surface area contributed by atoms with E-state index in [1.165, 1.54) is 12.1 Å². The van der Waals surface area contributed by atoms with E-state index >= 15 is 0 Å². The van der Waals surface area contributed by atoms with Gasteiger partial charge in [0.1, 0.15) is 6.04 Å². The number of carbonyl (C=O) groups excluding carboxylic acids is 2. The number of nitrogens with one attached hydrogen (secondary N) is 2. The molecule has 0 fully saturated rings. The van der Waals surface area contributed by atoms with Crippen molar-refractivity contribution in [1.82, 2.24) is 5.32 Å². The minimum absolute atomic E-state index is 0.118. The molecule has 1 rings (SSSR count). The summed E-state index contributed by atoms with van der Waals surface area (Å²) < 4.78 is 0. The van der Waals surface area contributed by atoms with Crippen molar-refractivity contribution in [2.75, 3.05) is 5.32 Å². The van der Waals surface area contributed by atoms with E-state index in [-0.39, 0.29) is 28.3 Å². The molecule has 6 nitrogen and oxygen atoms in total. The lowest BCUT2D eigenvalue weighted by atomic mass is 9.99. The van der Waals surface area contributed by atoms with Crippen LogP contribution < -0.4 is 10.6 Å². The highest BCUT2D eigenvalue weighted by atomic mass is 35.5. The summed E-state index contributed by atoms with van der Waals surface area (Å²) in [4.78, 5) is 35.5. The van der Waals surface area contributed by atoms with Crippen molar-refractivity contribution in [2.24, 2.45) is 11.8 Å². The monoisotopic (exact) mass is 354 g/mol. The minimum atomic E-state index is -1.10. The number of benzene rings is 1. The van der Waals surface area contributed by atoms with E-state index in [0.717, 1.165) is 0 Å². The number of halogens is 1. The largest absolute Gasteiger partial charge is 0.480 e. The second kappa shape index (κ2) is 8.68. The summed E-state index contributed by atoms with van der Waals surface area (Å²) in [7, 11) is 0. The van der Waals surface area contributed by atoms with Crippen LogP contribution in [0.2, 0.25) is 5.02 Å². The Kier molecular flexibility index (Phi) is 7.22. The zero-order valence-electron chi connectivity index (χ0n) is 14.2. The fraction of sp³-hybridized carbons (Fsp3) is 0.471. The maximum absolute atomic E-state index is 12.4. The van der Waals surface area contributed by atoms with Gasteiger partial charge in [-0.25, -0.2) is 4.79 Å². The van der Waals surface area contributed by atoms with E-state index in [1.54, 1.807) is 26.8 Å². The molecule has 0 saturated carbocycles. The highest BCUT2D eigenvalue weighted by molar-refractivity contribution is 6.34. The number of rotatable bonds is 7. The number of amides is 2. The Morgan fingerprint density at radius 1 is 1.21 bits per heavy atom. The lowest BCUT2D eigenvalue weighted by Gasteiger charge is -2.20. The van der Waals surface area contributed by atoms with Crippen molar-refractivity contribution in [3.63, 3.8) is 0 Å².